The lowest BCUT2D eigenvalue weighted by Crippen LogP contribution is -2.15. The van der Waals surface area contributed by atoms with Gasteiger partial charge in [0.05, 0.1) is 25.6 Å². The van der Waals surface area contributed by atoms with Crippen LogP contribution in [0, 0.1) is 0 Å². The summed E-state index contributed by atoms with van der Waals surface area (Å²) in [5, 5.41) is 15.2. The molecular weight excluding hydrogens is 306 g/mol. The van der Waals surface area contributed by atoms with Gasteiger partial charge in [0.2, 0.25) is 0 Å². The predicted molar refractivity (Wildman–Crippen MR) is 73.3 cm³/mol. The van der Waals surface area contributed by atoms with Gasteiger partial charge >= 0.3 is 0 Å². The number of methoxy groups -OCH3 is 1. The molecule has 0 aliphatic rings. The molecule has 0 unspecified atom stereocenters. The van der Waals surface area contributed by atoms with Crippen LogP contribution in [0.15, 0.2) is 29.4 Å². The fraction of sp³-hybridized carbons (Fsp3) is 0.182. The molecule has 0 bridgehead atoms. The maximum absolute atomic E-state index is 12.2. The molecule has 0 fully saturated rings. The minimum Gasteiger partial charge on any atom is -0.495 e. The van der Waals surface area contributed by atoms with Crippen molar-refractivity contribution < 1.29 is 18.3 Å². The van der Waals surface area contributed by atoms with Crippen molar-refractivity contribution in [2.45, 2.75) is 11.6 Å². The Morgan fingerprint density at radius 1 is 1.50 bits per heavy atom. The third kappa shape index (κ3) is 2.87. The van der Waals surface area contributed by atoms with Crippen LogP contribution < -0.4 is 9.46 Å². The maximum atomic E-state index is 12.2. The van der Waals surface area contributed by atoms with E-state index in [1.807, 2.05) is 0 Å². The first-order chi connectivity index (χ1) is 9.47. The molecule has 0 amide bonds. The Balaban J connectivity index is 2.41. The molecule has 9 heteroatoms. The Morgan fingerprint density at radius 2 is 2.25 bits per heavy atom. The van der Waals surface area contributed by atoms with Gasteiger partial charge in [-0.2, -0.15) is 13.5 Å². The first-order valence-corrected chi connectivity index (χ1v) is 7.33. The van der Waals surface area contributed by atoms with Crippen molar-refractivity contribution in [2.24, 2.45) is 0 Å². The number of nitrogens with zero attached hydrogens (tertiary/aromatic N) is 1. The number of halogens is 1. The van der Waals surface area contributed by atoms with Crippen LogP contribution in [0.3, 0.4) is 0 Å². The average molecular weight is 318 g/mol. The van der Waals surface area contributed by atoms with Crippen molar-refractivity contribution in [1.29, 1.82) is 0 Å². The van der Waals surface area contributed by atoms with E-state index in [1.54, 1.807) is 12.1 Å². The monoisotopic (exact) mass is 317 g/mol. The standard InChI is InChI=1S/C11H12ClN3O4S/c1-19-10-3-2-8(12)4-9(10)15-20(17,18)11-7(6-16)5-13-14-11/h2-5,15-16H,6H2,1H3,(H,13,14). The highest BCUT2D eigenvalue weighted by atomic mass is 35.5. The predicted octanol–water partition coefficient (Wildman–Crippen LogP) is 1.36. The van der Waals surface area contributed by atoms with Gasteiger partial charge in [-0.15, -0.1) is 0 Å². The van der Waals surface area contributed by atoms with Gasteiger partial charge in [0.15, 0.2) is 5.03 Å². The van der Waals surface area contributed by atoms with E-state index in [4.69, 9.17) is 21.4 Å². The largest absolute Gasteiger partial charge is 0.495 e. The van der Waals surface area contributed by atoms with E-state index in [0.29, 0.717) is 10.8 Å². The number of hydrogen-bond donors (Lipinski definition) is 3. The van der Waals surface area contributed by atoms with Crippen LogP contribution >= 0.6 is 11.6 Å². The van der Waals surface area contributed by atoms with E-state index in [9.17, 15) is 8.42 Å². The zero-order valence-electron chi connectivity index (χ0n) is 10.4. The van der Waals surface area contributed by atoms with Gasteiger partial charge < -0.3 is 9.84 Å². The van der Waals surface area contributed by atoms with E-state index in [-0.39, 0.29) is 16.3 Å². The first kappa shape index (κ1) is 14.6. The summed E-state index contributed by atoms with van der Waals surface area (Å²) in [5.41, 5.74) is 0.358. The molecule has 0 spiro atoms. The highest BCUT2D eigenvalue weighted by Gasteiger charge is 2.22. The van der Waals surface area contributed by atoms with E-state index in [2.05, 4.69) is 14.9 Å². The lowest BCUT2D eigenvalue weighted by Gasteiger charge is -2.11. The minimum absolute atomic E-state index is 0.165. The smallest absolute Gasteiger partial charge is 0.279 e. The van der Waals surface area contributed by atoms with Gasteiger partial charge in [-0.1, -0.05) is 11.6 Å². The zero-order valence-corrected chi connectivity index (χ0v) is 12.0. The van der Waals surface area contributed by atoms with Crippen LogP contribution in [0.5, 0.6) is 5.75 Å². The molecule has 108 valence electrons. The SMILES string of the molecule is COc1ccc(Cl)cc1NS(=O)(=O)c1[nH]ncc1CO. The molecule has 2 rings (SSSR count). The van der Waals surface area contributed by atoms with E-state index in [1.165, 1.54) is 19.4 Å². The zero-order chi connectivity index (χ0) is 14.8. The van der Waals surface area contributed by atoms with Gasteiger partial charge in [-0.05, 0) is 18.2 Å². The van der Waals surface area contributed by atoms with Crippen LogP contribution in [0.25, 0.3) is 0 Å². The van der Waals surface area contributed by atoms with Crippen LogP contribution in [0.2, 0.25) is 5.02 Å². The van der Waals surface area contributed by atoms with Gasteiger partial charge in [-0.3, -0.25) is 9.82 Å². The Labute approximate surface area is 120 Å². The Hall–Kier alpha value is -1.77. The lowest BCUT2D eigenvalue weighted by molar-refractivity contribution is 0.278. The number of aliphatic hydroxyl groups excluding tert-OH is 1. The summed E-state index contributed by atoms with van der Waals surface area (Å²) in [6.45, 7) is -0.445. The highest BCUT2D eigenvalue weighted by Crippen LogP contribution is 2.29. The molecule has 1 aromatic carbocycles. The van der Waals surface area contributed by atoms with Crippen molar-refractivity contribution in [3.05, 3.63) is 35.0 Å². The summed E-state index contributed by atoms with van der Waals surface area (Å²) in [4.78, 5) is 0. The number of aliphatic hydroxyl groups is 1. The number of sulfonamides is 1. The molecular formula is C11H12ClN3O4S. The fourth-order valence-corrected chi connectivity index (χ4v) is 2.96. The van der Waals surface area contributed by atoms with Gasteiger partial charge in [0.25, 0.3) is 10.0 Å². The lowest BCUT2D eigenvalue weighted by atomic mass is 10.3. The number of ether oxygens (including phenoxy) is 1. The molecule has 20 heavy (non-hydrogen) atoms. The van der Waals surface area contributed by atoms with Crippen molar-refractivity contribution in [3.63, 3.8) is 0 Å². The van der Waals surface area contributed by atoms with Gasteiger partial charge in [0.1, 0.15) is 5.75 Å². The second-order valence-corrected chi connectivity index (χ2v) is 5.89. The molecule has 2 aromatic rings. The van der Waals surface area contributed by atoms with E-state index >= 15 is 0 Å². The number of aromatic amines is 1. The Morgan fingerprint density at radius 3 is 2.90 bits per heavy atom. The third-order valence-electron chi connectivity index (χ3n) is 2.52. The topological polar surface area (TPSA) is 104 Å². The summed E-state index contributed by atoms with van der Waals surface area (Å²) in [6.07, 6.45) is 1.24. The minimum atomic E-state index is -3.93. The number of anilines is 1. The van der Waals surface area contributed by atoms with Crippen LogP contribution in [0.4, 0.5) is 5.69 Å². The molecule has 0 aliphatic heterocycles. The fourth-order valence-electron chi connectivity index (χ4n) is 1.60. The highest BCUT2D eigenvalue weighted by molar-refractivity contribution is 7.92. The molecule has 1 heterocycles. The number of nitrogens with one attached hydrogen (secondary N) is 2. The van der Waals surface area contributed by atoms with E-state index < -0.39 is 16.6 Å². The average Bonchev–Trinajstić information content (AvgIpc) is 2.87. The Bertz CT molecular complexity index is 714. The number of benzene rings is 1. The molecule has 0 saturated heterocycles. The van der Waals surface area contributed by atoms with Crippen molar-refractivity contribution >= 4 is 27.3 Å². The van der Waals surface area contributed by atoms with Gasteiger partial charge in [-0.25, -0.2) is 0 Å². The van der Waals surface area contributed by atoms with Crippen molar-refractivity contribution in [1.82, 2.24) is 10.2 Å². The Kier molecular flexibility index (Phi) is 4.17. The molecule has 0 radical (unpaired) electrons. The number of H-pyrrole nitrogens is 1. The third-order valence-corrected chi connectivity index (χ3v) is 4.14. The number of aromatic nitrogens is 2. The normalized spacial score (nSPS) is 11.3. The molecule has 0 aliphatic carbocycles. The summed E-state index contributed by atoms with van der Waals surface area (Å²) < 4.78 is 31.9. The molecule has 0 saturated carbocycles. The van der Waals surface area contributed by atoms with E-state index in [0.717, 1.165) is 0 Å². The second kappa shape index (κ2) is 5.70. The molecule has 7 nitrogen and oxygen atoms in total. The van der Waals surface area contributed by atoms with Crippen LogP contribution in [-0.2, 0) is 16.6 Å². The second-order valence-electron chi connectivity index (χ2n) is 3.83. The van der Waals surface area contributed by atoms with Crippen LogP contribution in [-0.4, -0.2) is 30.8 Å². The summed E-state index contributed by atoms with van der Waals surface area (Å²) in [6, 6.07) is 4.54. The number of hydrogen-bond acceptors (Lipinski definition) is 5. The molecule has 3 N–H and O–H groups in total. The molecule has 1 aromatic heterocycles. The molecule has 0 atom stereocenters. The summed E-state index contributed by atoms with van der Waals surface area (Å²) in [5.74, 6) is 0.322. The van der Waals surface area contributed by atoms with Crippen molar-refractivity contribution in [2.75, 3.05) is 11.8 Å². The van der Waals surface area contributed by atoms with Crippen LogP contribution in [0.1, 0.15) is 5.56 Å². The van der Waals surface area contributed by atoms with Gasteiger partial charge in [0, 0.05) is 10.6 Å². The maximum Gasteiger partial charge on any atom is 0.279 e. The first-order valence-electron chi connectivity index (χ1n) is 5.47. The summed E-state index contributed by atoms with van der Waals surface area (Å²) >= 11 is 5.84. The van der Waals surface area contributed by atoms with Crippen molar-refractivity contribution in [3.8, 4) is 5.75 Å². The number of rotatable bonds is 5. The summed E-state index contributed by atoms with van der Waals surface area (Å²) in [7, 11) is -2.52. The quantitative estimate of drug-likeness (QED) is 0.772.